The number of benzene rings is 1. The van der Waals surface area contributed by atoms with Crippen LogP contribution in [0.1, 0.15) is 29.6 Å². The molecule has 2 heterocycles. The van der Waals surface area contributed by atoms with E-state index in [0.717, 1.165) is 28.4 Å². The molecule has 6 heteroatoms. The average Bonchev–Trinajstić information content (AvgIpc) is 3.17. The lowest BCUT2D eigenvalue weighted by Crippen LogP contribution is -2.00. The predicted octanol–water partition coefficient (Wildman–Crippen LogP) is 4.30. The maximum atomic E-state index is 4.67. The minimum absolute atomic E-state index is 0.265. The molecule has 2 aromatic heterocycles. The number of hydrogen-bond acceptors (Lipinski definition) is 4. The summed E-state index contributed by atoms with van der Waals surface area (Å²) in [5.74, 6) is 0. The lowest BCUT2D eigenvalue weighted by atomic mass is 10.2. The Hall–Kier alpha value is -1.53. The van der Waals surface area contributed by atoms with Crippen LogP contribution in [0, 0.1) is 0 Å². The van der Waals surface area contributed by atoms with Crippen LogP contribution in [-0.2, 0) is 6.54 Å². The molecule has 0 spiro atoms. The Morgan fingerprint density at radius 2 is 2.10 bits per heavy atom. The Balaban J connectivity index is 1.74. The zero-order valence-corrected chi connectivity index (χ0v) is 14.0. The van der Waals surface area contributed by atoms with Crippen LogP contribution in [-0.4, -0.2) is 20.0 Å². The Labute approximate surface area is 136 Å². The standard InChI is InChI=1S/C15H15BrN4S/c1-2-13(16)14-9-20(19-18-14)8-12-10-21-15(17-12)11-6-4-3-5-7-11/h3-7,9-10,13H,2,8H2,1H3. The third-order valence-corrected chi connectivity index (χ3v) is 5.19. The van der Waals surface area contributed by atoms with Gasteiger partial charge in [-0.05, 0) is 6.42 Å². The van der Waals surface area contributed by atoms with Crippen LogP contribution in [0.25, 0.3) is 10.6 Å². The number of rotatable bonds is 5. The lowest BCUT2D eigenvalue weighted by molar-refractivity contribution is 0.641. The van der Waals surface area contributed by atoms with Crippen LogP contribution >= 0.6 is 27.3 Å². The Morgan fingerprint density at radius 1 is 1.29 bits per heavy atom. The van der Waals surface area contributed by atoms with Gasteiger partial charge in [-0.15, -0.1) is 16.4 Å². The number of alkyl halides is 1. The van der Waals surface area contributed by atoms with E-state index >= 15 is 0 Å². The summed E-state index contributed by atoms with van der Waals surface area (Å²) in [5.41, 5.74) is 3.13. The number of nitrogens with zero attached hydrogens (tertiary/aromatic N) is 4. The van der Waals surface area contributed by atoms with E-state index in [0.29, 0.717) is 6.54 Å². The van der Waals surface area contributed by atoms with Crippen molar-refractivity contribution in [1.82, 2.24) is 20.0 Å². The molecule has 0 saturated carbocycles. The average molecular weight is 363 g/mol. The normalized spacial score (nSPS) is 12.5. The van der Waals surface area contributed by atoms with E-state index in [-0.39, 0.29) is 4.83 Å². The zero-order valence-electron chi connectivity index (χ0n) is 11.6. The number of aromatic nitrogens is 4. The topological polar surface area (TPSA) is 43.6 Å². The fraction of sp³-hybridized carbons (Fsp3) is 0.267. The molecular formula is C15H15BrN4S. The van der Waals surface area contributed by atoms with Crippen LogP contribution in [0.15, 0.2) is 41.9 Å². The van der Waals surface area contributed by atoms with Crippen molar-refractivity contribution in [2.24, 2.45) is 0 Å². The van der Waals surface area contributed by atoms with Crippen molar-refractivity contribution < 1.29 is 0 Å². The summed E-state index contributed by atoms with van der Waals surface area (Å²) in [6, 6.07) is 10.2. The van der Waals surface area contributed by atoms with Crippen molar-refractivity contribution >= 4 is 27.3 Å². The van der Waals surface area contributed by atoms with Gasteiger partial charge in [-0.2, -0.15) is 0 Å². The summed E-state index contributed by atoms with van der Waals surface area (Å²) in [5, 5.41) is 11.5. The second kappa shape index (κ2) is 6.49. The third kappa shape index (κ3) is 3.39. The highest BCUT2D eigenvalue weighted by molar-refractivity contribution is 9.09. The summed E-state index contributed by atoms with van der Waals surface area (Å²) in [4.78, 5) is 4.93. The molecule has 4 nitrogen and oxygen atoms in total. The largest absolute Gasteiger partial charge is 0.246 e. The van der Waals surface area contributed by atoms with Gasteiger partial charge in [0.05, 0.1) is 29.0 Å². The second-order valence-electron chi connectivity index (χ2n) is 4.73. The molecule has 0 amide bonds. The minimum atomic E-state index is 0.265. The molecule has 108 valence electrons. The van der Waals surface area contributed by atoms with Crippen molar-refractivity contribution in [2.75, 3.05) is 0 Å². The highest BCUT2D eigenvalue weighted by atomic mass is 79.9. The van der Waals surface area contributed by atoms with Gasteiger partial charge in [-0.3, -0.25) is 0 Å². The lowest BCUT2D eigenvalue weighted by Gasteiger charge is -1.99. The fourth-order valence-electron chi connectivity index (χ4n) is 2.00. The first-order valence-electron chi connectivity index (χ1n) is 6.80. The van der Waals surface area contributed by atoms with Crippen molar-refractivity contribution in [3.05, 3.63) is 53.3 Å². The van der Waals surface area contributed by atoms with Gasteiger partial charge in [0, 0.05) is 10.9 Å². The summed E-state index contributed by atoms with van der Waals surface area (Å²) < 4.78 is 1.84. The molecule has 1 unspecified atom stereocenters. The first-order valence-corrected chi connectivity index (χ1v) is 8.59. The molecular weight excluding hydrogens is 348 g/mol. The van der Waals surface area contributed by atoms with Crippen molar-refractivity contribution in [3.63, 3.8) is 0 Å². The van der Waals surface area contributed by atoms with Gasteiger partial charge in [-0.1, -0.05) is 58.4 Å². The van der Waals surface area contributed by atoms with Gasteiger partial charge in [0.25, 0.3) is 0 Å². The number of thiazole rings is 1. The van der Waals surface area contributed by atoms with Crippen LogP contribution in [0.3, 0.4) is 0 Å². The molecule has 0 aliphatic rings. The van der Waals surface area contributed by atoms with E-state index in [1.54, 1.807) is 11.3 Å². The highest BCUT2D eigenvalue weighted by Gasteiger charge is 2.11. The fourth-order valence-corrected chi connectivity index (χ4v) is 3.03. The maximum absolute atomic E-state index is 4.67. The smallest absolute Gasteiger partial charge is 0.123 e. The molecule has 21 heavy (non-hydrogen) atoms. The van der Waals surface area contributed by atoms with Gasteiger partial charge in [0.1, 0.15) is 5.01 Å². The van der Waals surface area contributed by atoms with Crippen molar-refractivity contribution in [1.29, 1.82) is 0 Å². The summed E-state index contributed by atoms with van der Waals surface area (Å²) >= 11 is 5.25. The SMILES string of the molecule is CCC(Br)c1cn(Cc2csc(-c3ccccc3)n2)nn1. The number of hydrogen-bond donors (Lipinski definition) is 0. The van der Waals surface area contributed by atoms with E-state index in [1.165, 1.54) is 0 Å². The quantitative estimate of drug-likeness (QED) is 0.635. The van der Waals surface area contributed by atoms with E-state index in [9.17, 15) is 0 Å². The van der Waals surface area contributed by atoms with Gasteiger partial charge >= 0.3 is 0 Å². The molecule has 0 bridgehead atoms. The molecule has 0 fully saturated rings. The van der Waals surface area contributed by atoms with E-state index in [4.69, 9.17) is 0 Å². The van der Waals surface area contributed by atoms with Crippen molar-refractivity contribution in [3.8, 4) is 10.6 Å². The molecule has 0 radical (unpaired) electrons. The minimum Gasteiger partial charge on any atom is -0.246 e. The predicted molar refractivity (Wildman–Crippen MR) is 88.6 cm³/mol. The molecule has 0 N–H and O–H groups in total. The highest BCUT2D eigenvalue weighted by Crippen LogP contribution is 2.25. The van der Waals surface area contributed by atoms with Gasteiger partial charge in [-0.25, -0.2) is 9.67 Å². The van der Waals surface area contributed by atoms with E-state index in [2.05, 4.69) is 55.7 Å². The Kier molecular flexibility index (Phi) is 4.45. The van der Waals surface area contributed by atoms with Crippen LogP contribution in [0.5, 0.6) is 0 Å². The molecule has 1 atom stereocenters. The summed E-state index contributed by atoms with van der Waals surface area (Å²) in [6.07, 6.45) is 2.97. The van der Waals surface area contributed by atoms with Crippen molar-refractivity contribution in [2.45, 2.75) is 24.7 Å². The first-order chi connectivity index (χ1) is 10.3. The van der Waals surface area contributed by atoms with Crippen LogP contribution in [0.2, 0.25) is 0 Å². The Bertz CT molecular complexity index is 707. The molecule has 1 aromatic carbocycles. The molecule has 0 aliphatic carbocycles. The van der Waals surface area contributed by atoms with Crippen LogP contribution in [0.4, 0.5) is 0 Å². The first kappa shape index (κ1) is 14.4. The monoisotopic (exact) mass is 362 g/mol. The van der Waals surface area contributed by atoms with E-state index in [1.807, 2.05) is 29.1 Å². The van der Waals surface area contributed by atoms with Gasteiger partial charge in [0.15, 0.2) is 0 Å². The van der Waals surface area contributed by atoms with E-state index < -0.39 is 0 Å². The van der Waals surface area contributed by atoms with Crippen LogP contribution < -0.4 is 0 Å². The molecule has 0 saturated heterocycles. The molecule has 3 rings (SSSR count). The van der Waals surface area contributed by atoms with Gasteiger partial charge < -0.3 is 0 Å². The summed E-state index contributed by atoms with van der Waals surface area (Å²) in [7, 11) is 0. The second-order valence-corrected chi connectivity index (χ2v) is 6.69. The maximum Gasteiger partial charge on any atom is 0.123 e. The zero-order chi connectivity index (χ0) is 14.7. The molecule has 0 aliphatic heterocycles. The Morgan fingerprint density at radius 3 is 2.86 bits per heavy atom. The third-order valence-electron chi connectivity index (χ3n) is 3.13. The molecule has 3 aromatic rings. The van der Waals surface area contributed by atoms with Gasteiger partial charge in [0.2, 0.25) is 0 Å². The number of halogens is 1. The summed E-state index contributed by atoms with van der Waals surface area (Å²) in [6.45, 7) is 2.77.